The number of anilines is 1. The van der Waals surface area contributed by atoms with Crippen LogP contribution in [0.3, 0.4) is 0 Å². The summed E-state index contributed by atoms with van der Waals surface area (Å²) in [7, 11) is 0. The van der Waals surface area contributed by atoms with Gasteiger partial charge in [0.25, 0.3) is 0 Å². The highest BCUT2D eigenvalue weighted by Crippen LogP contribution is 2.31. The van der Waals surface area contributed by atoms with Crippen molar-refractivity contribution in [3.05, 3.63) is 38.7 Å². The number of rotatable bonds is 6. The summed E-state index contributed by atoms with van der Waals surface area (Å²) >= 11 is 13.3. The predicted octanol–water partition coefficient (Wildman–Crippen LogP) is 3.41. The second kappa shape index (κ2) is 7.90. The number of para-hydroxylation sites is 1. The second-order valence-electron chi connectivity index (χ2n) is 4.81. The number of H-pyrrole nitrogens is 1. The monoisotopic (exact) mass is 374 g/mol. The third kappa shape index (κ3) is 4.31. The Morgan fingerprint density at radius 2 is 2.09 bits per heavy atom. The van der Waals surface area contributed by atoms with Gasteiger partial charge in [-0.1, -0.05) is 48.0 Å². The number of hydrogen-bond donors (Lipinski definition) is 2. The van der Waals surface area contributed by atoms with Crippen LogP contribution >= 0.6 is 35.0 Å². The summed E-state index contributed by atoms with van der Waals surface area (Å²) in [5.74, 6) is -0.275. The molecule has 124 valence electrons. The minimum absolute atomic E-state index is 0.275. The summed E-state index contributed by atoms with van der Waals surface area (Å²) in [4.78, 5) is 24.0. The zero-order valence-electron chi connectivity index (χ0n) is 12.6. The lowest BCUT2D eigenvalue weighted by atomic mass is 10.3. The lowest BCUT2D eigenvalue weighted by Crippen LogP contribution is -2.24. The lowest BCUT2D eigenvalue weighted by molar-refractivity contribution is -0.115. The predicted molar refractivity (Wildman–Crippen MR) is 93.5 cm³/mol. The number of halogens is 2. The Morgan fingerprint density at radius 1 is 1.43 bits per heavy atom. The number of carbonyl (C=O) groups excluding carboxylic acids is 1. The third-order valence-corrected chi connectivity index (χ3v) is 4.75. The van der Waals surface area contributed by atoms with E-state index in [2.05, 4.69) is 15.5 Å². The van der Waals surface area contributed by atoms with Crippen LogP contribution in [0.1, 0.15) is 20.3 Å². The van der Waals surface area contributed by atoms with Crippen LogP contribution < -0.4 is 11.0 Å². The van der Waals surface area contributed by atoms with Gasteiger partial charge in [-0.15, -0.1) is 5.10 Å². The van der Waals surface area contributed by atoms with Gasteiger partial charge < -0.3 is 5.32 Å². The van der Waals surface area contributed by atoms with Crippen molar-refractivity contribution in [2.45, 2.75) is 37.2 Å². The molecule has 2 aromatic rings. The molecule has 1 amide bonds. The molecule has 6 nitrogen and oxygen atoms in total. The molecule has 0 bridgehead atoms. The average molecular weight is 375 g/mol. The number of aromatic nitrogens is 3. The van der Waals surface area contributed by atoms with E-state index in [0.717, 1.165) is 6.42 Å². The van der Waals surface area contributed by atoms with Crippen LogP contribution in [0.25, 0.3) is 0 Å². The Kier molecular flexibility index (Phi) is 6.15. The first kappa shape index (κ1) is 17.9. The topological polar surface area (TPSA) is 79.8 Å². The molecule has 0 aliphatic rings. The number of thioether (sulfide) groups is 1. The molecule has 0 aliphatic carbocycles. The third-order valence-electron chi connectivity index (χ3n) is 3.03. The van der Waals surface area contributed by atoms with Crippen molar-refractivity contribution < 1.29 is 4.79 Å². The van der Waals surface area contributed by atoms with E-state index in [1.165, 1.54) is 16.3 Å². The fourth-order valence-electron chi connectivity index (χ4n) is 1.87. The van der Waals surface area contributed by atoms with E-state index in [1.807, 2.05) is 6.92 Å². The molecule has 9 heteroatoms. The molecule has 1 atom stereocenters. The van der Waals surface area contributed by atoms with Gasteiger partial charge in [0.05, 0.1) is 21.0 Å². The Labute approximate surface area is 147 Å². The van der Waals surface area contributed by atoms with E-state index in [9.17, 15) is 9.59 Å². The summed E-state index contributed by atoms with van der Waals surface area (Å²) in [6.45, 7) is 4.23. The molecule has 1 aromatic carbocycles. The van der Waals surface area contributed by atoms with Gasteiger partial charge in [-0.2, -0.15) is 0 Å². The molecule has 2 N–H and O–H groups in total. The molecule has 1 aromatic heterocycles. The summed E-state index contributed by atoms with van der Waals surface area (Å²) < 4.78 is 1.51. The van der Waals surface area contributed by atoms with Crippen molar-refractivity contribution >= 4 is 46.6 Å². The smallest absolute Gasteiger partial charge is 0.323 e. The number of hydrogen-bond acceptors (Lipinski definition) is 4. The zero-order chi connectivity index (χ0) is 17.0. The fourth-order valence-corrected chi connectivity index (χ4v) is 3.24. The van der Waals surface area contributed by atoms with Crippen LogP contribution in [0.4, 0.5) is 5.69 Å². The Hall–Kier alpha value is -1.44. The normalized spacial score (nSPS) is 12.2. The number of carbonyl (C=O) groups is 1. The van der Waals surface area contributed by atoms with Crippen molar-refractivity contribution in [2.75, 3.05) is 5.32 Å². The molecule has 23 heavy (non-hydrogen) atoms. The molecule has 0 aliphatic heterocycles. The van der Waals surface area contributed by atoms with Crippen LogP contribution in [-0.4, -0.2) is 25.9 Å². The van der Waals surface area contributed by atoms with Gasteiger partial charge in [-0.05, 0) is 25.5 Å². The minimum Gasteiger partial charge on any atom is -0.323 e. The van der Waals surface area contributed by atoms with Crippen LogP contribution in [0, 0.1) is 0 Å². The van der Waals surface area contributed by atoms with Crippen molar-refractivity contribution in [2.24, 2.45) is 0 Å². The fraction of sp³-hybridized carbons (Fsp3) is 0.357. The van der Waals surface area contributed by atoms with Crippen molar-refractivity contribution in [3.8, 4) is 0 Å². The number of amides is 1. The van der Waals surface area contributed by atoms with Crippen molar-refractivity contribution in [3.63, 3.8) is 0 Å². The second-order valence-corrected chi connectivity index (χ2v) is 6.93. The van der Waals surface area contributed by atoms with E-state index in [4.69, 9.17) is 23.2 Å². The zero-order valence-corrected chi connectivity index (χ0v) is 14.9. The molecule has 0 spiro atoms. The van der Waals surface area contributed by atoms with Crippen LogP contribution in [0.5, 0.6) is 0 Å². The van der Waals surface area contributed by atoms with Gasteiger partial charge in [0, 0.05) is 6.54 Å². The Balaban J connectivity index is 2.10. The summed E-state index contributed by atoms with van der Waals surface area (Å²) in [6, 6.07) is 4.99. The molecule has 1 unspecified atom stereocenters. The number of aromatic amines is 1. The Bertz CT molecular complexity index is 739. The van der Waals surface area contributed by atoms with Crippen LogP contribution in [-0.2, 0) is 11.3 Å². The van der Waals surface area contributed by atoms with Gasteiger partial charge in [0.15, 0.2) is 5.16 Å². The van der Waals surface area contributed by atoms with E-state index in [1.54, 1.807) is 25.1 Å². The number of nitrogens with zero attached hydrogens (tertiary/aromatic N) is 2. The standard InChI is InChI=1S/C14H16Cl2N4O2S/c1-3-7-20-13(22)18-19-14(20)23-8(2)12(21)17-11-9(15)5-4-6-10(11)16/h4-6,8H,3,7H2,1-2H3,(H,17,21)(H,18,22). The van der Waals surface area contributed by atoms with Gasteiger partial charge >= 0.3 is 5.69 Å². The highest BCUT2D eigenvalue weighted by atomic mass is 35.5. The molecule has 0 saturated heterocycles. The molecular formula is C14H16Cl2N4O2S. The van der Waals surface area contributed by atoms with E-state index in [-0.39, 0.29) is 11.6 Å². The molecule has 0 fully saturated rings. The first-order valence-corrected chi connectivity index (χ1v) is 8.64. The summed E-state index contributed by atoms with van der Waals surface area (Å²) in [5, 5.41) is 9.79. The maximum Gasteiger partial charge on any atom is 0.343 e. The van der Waals surface area contributed by atoms with E-state index < -0.39 is 5.25 Å². The molecule has 2 rings (SSSR count). The van der Waals surface area contributed by atoms with Gasteiger partial charge in [0.2, 0.25) is 5.91 Å². The van der Waals surface area contributed by atoms with Crippen molar-refractivity contribution in [1.29, 1.82) is 0 Å². The van der Waals surface area contributed by atoms with Crippen LogP contribution in [0.2, 0.25) is 10.0 Å². The highest BCUT2D eigenvalue weighted by Gasteiger charge is 2.20. The van der Waals surface area contributed by atoms with E-state index >= 15 is 0 Å². The lowest BCUT2D eigenvalue weighted by Gasteiger charge is -2.13. The van der Waals surface area contributed by atoms with Gasteiger partial charge in [0.1, 0.15) is 0 Å². The highest BCUT2D eigenvalue weighted by molar-refractivity contribution is 8.00. The minimum atomic E-state index is -0.479. The number of nitrogens with one attached hydrogen (secondary N) is 2. The molecular weight excluding hydrogens is 359 g/mol. The quantitative estimate of drug-likeness (QED) is 0.759. The van der Waals surface area contributed by atoms with E-state index in [0.29, 0.717) is 27.4 Å². The maximum absolute atomic E-state index is 12.3. The largest absolute Gasteiger partial charge is 0.343 e. The molecule has 0 radical (unpaired) electrons. The summed E-state index contributed by atoms with van der Waals surface area (Å²) in [5.41, 5.74) is 0.0948. The van der Waals surface area contributed by atoms with Crippen molar-refractivity contribution in [1.82, 2.24) is 14.8 Å². The van der Waals surface area contributed by atoms with Gasteiger partial charge in [-0.25, -0.2) is 9.89 Å². The Morgan fingerprint density at radius 3 is 2.70 bits per heavy atom. The van der Waals surface area contributed by atoms with Gasteiger partial charge in [-0.3, -0.25) is 9.36 Å². The first-order valence-electron chi connectivity index (χ1n) is 7.00. The summed E-state index contributed by atoms with van der Waals surface area (Å²) in [6.07, 6.45) is 0.794. The average Bonchev–Trinajstić information content (AvgIpc) is 2.84. The number of benzene rings is 1. The molecule has 0 saturated carbocycles. The maximum atomic E-state index is 12.3. The van der Waals surface area contributed by atoms with Crippen LogP contribution in [0.15, 0.2) is 28.2 Å². The first-order chi connectivity index (χ1) is 10.9. The molecule has 1 heterocycles. The SMILES string of the molecule is CCCn1c(SC(C)C(=O)Nc2c(Cl)cccc2Cl)n[nH]c1=O.